The molecule has 126 valence electrons. The van der Waals surface area contributed by atoms with Gasteiger partial charge >= 0.3 is 0 Å². The van der Waals surface area contributed by atoms with E-state index in [4.69, 9.17) is 5.73 Å². The van der Waals surface area contributed by atoms with Crippen molar-refractivity contribution in [2.75, 3.05) is 6.54 Å². The smallest absolute Gasteiger partial charge is 0.273 e. The lowest BCUT2D eigenvalue weighted by Gasteiger charge is -2.30. The van der Waals surface area contributed by atoms with Crippen molar-refractivity contribution in [2.24, 2.45) is 5.73 Å². The summed E-state index contributed by atoms with van der Waals surface area (Å²) < 4.78 is 12.9. The summed E-state index contributed by atoms with van der Waals surface area (Å²) in [7, 11) is 0. The Labute approximate surface area is 140 Å². The van der Waals surface area contributed by atoms with Crippen LogP contribution < -0.4 is 11.1 Å². The number of aromatic nitrogens is 3. The summed E-state index contributed by atoms with van der Waals surface area (Å²) in [6.45, 7) is 4.32. The molecule has 1 aromatic heterocycles. The topological polar surface area (TPSA) is 85.8 Å². The van der Waals surface area contributed by atoms with E-state index in [2.05, 4.69) is 15.5 Å². The van der Waals surface area contributed by atoms with Crippen molar-refractivity contribution in [1.29, 1.82) is 0 Å². The summed E-state index contributed by atoms with van der Waals surface area (Å²) >= 11 is 0. The predicted octanol–water partition coefficient (Wildman–Crippen LogP) is 2.08. The highest BCUT2D eigenvalue weighted by Gasteiger charge is 2.27. The van der Waals surface area contributed by atoms with Crippen molar-refractivity contribution < 1.29 is 9.18 Å². The molecular formula is C15H21ClFN5O. The second-order valence-corrected chi connectivity index (χ2v) is 5.14. The molecular weight excluding hydrogens is 321 g/mol. The first-order valence-corrected chi connectivity index (χ1v) is 7.24. The second-order valence-electron chi connectivity index (χ2n) is 5.14. The summed E-state index contributed by atoms with van der Waals surface area (Å²) in [5.41, 5.74) is 6.12. The fourth-order valence-corrected chi connectivity index (χ4v) is 2.14. The molecule has 0 aliphatic rings. The normalized spacial score (nSPS) is 11.0. The first-order chi connectivity index (χ1) is 10.5. The van der Waals surface area contributed by atoms with Crippen molar-refractivity contribution in [3.05, 3.63) is 42.0 Å². The van der Waals surface area contributed by atoms with Gasteiger partial charge in [-0.25, -0.2) is 4.39 Å². The molecule has 0 bridgehead atoms. The van der Waals surface area contributed by atoms with Gasteiger partial charge in [0.15, 0.2) is 5.69 Å². The van der Waals surface area contributed by atoms with Gasteiger partial charge in [0.25, 0.3) is 5.91 Å². The minimum absolute atomic E-state index is 0. The average Bonchev–Trinajstić information content (AvgIpc) is 3.03. The maximum Gasteiger partial charge on any atom is 0.273 e. The molecule has 6 nitrogen and oxygen atoms in total. The van der Waals surface area contributed by atoms with E-state index in [1.807, 2.05) is 13.8 Å². The lowest BCUT2D eigenvalue weighted by atomic mass is 9.93. The maximum atomic E-state index is 12.9. The Hall–Kier alpha value is -1.99. The third-order valence-corrected chi connectivity index (χ3v) is 3.91. The number of nitrogens with two attached hydrogens (primary N) is 1. The molecule has 0 spiro atoms. The predicted molar refractivity (Wildman–Crippen MR) is 88.4 cm³/mol. The van der Waals surface area contributed by atoms with Crippen LogP contribution in [0.3, 0.4) is 0 Å². The van der Waals surface area contributed by atoms with Gasteiger partial charge < -0.3 is 11.1 Å². The van der Waals surface area contributed by atoms with E-state index in [1.54, 1.807) is 12.1 Å². The molecule has 0 unspecified atom stereocenters. The summed E-state index contributed by atoms with van der Waals surface area (Å²) in [6.07, 6.45) is 2.85. The molecule has 0 saturated heterocycles. The summed E-state index contributed by atoms with van der Waals surface area (Å²) in [4.78, 5) is 13.6. The number of rotatable bonds is 6. The van der Waals surface area contributed by atoms with Gasteiger partial charge in [-0.05, 0) is 37.1 Å². The van der Waals surface area contributed by atoms with Crippen molar-refractivity contribution in [3.8, 4) is 5.69 Å². The molecule has 0 saturated carbocycles. The Bertz CT molecular complexity index is 631. The first kappa shape index (κ1) is 19.1. The Morgan fingerprint density at radius 1 is 1.30 bits per heavy atom. The van der Waals surface area contributed by atoms with Gasteiger partial charge in [-0.3, -0.25) is 4.79 Å². The largest absolute Gasteiger partial charge is 0.344 e. The van der Waals surface area contributed by atoms with Crippen molar-refractivity contribution >= 4 is 18.3 Å². The van der Waals surface area contributed by atoms with Gasteiger partial charge in [0, 0.05) is 6.54 Å². The van der Waals surface area contributed by atoms with Crippen molar-refractivity contribution in [2.45, 2.75) is 32.2 Å². The number of halogens is 2. The monoisotopic (exact) mass is 341 g/mol. The Morgan fingerprint density at radius 3 is 2.43 bits per heavy atom. The highest BCUT2D eigenvalue weighted by Crippen LogP contribution is 2.14. The number of nitrogens with zero attached hydrogens (tertiary/aromatic N) is 3. The molecule has 3 N–H and O–H groups in total. The quantitative estimate of drug-likeness (QED) is 0.842. The zero-order chi connectivity index (χ0) is 16.2. The molecule has 1 amide bonds. The summed E-state index contributed by atoms with van der Waals surface area (Å²) in [5, 5.41) is 11.1. The van der Waals surface area contributed by atoms with Crippen LogP contribution in [0.2, 0.25) is 0 Å². The molecule has 23 heavy (non-hydrogen) atoms. The molecule has 2 aromatic rings. The van der Waals surface area contributed by atoms with Crippen LogP contribution in [0.4, 0.5) is 4.39 Å². The molecule has 2 rings (SSSR count). The van der Waals surface area contributed by atoms with Crippen LogP contribution in [0.15, 0.2) is 30.5 Å². The van der Waals surface area contributed by atoms with E-state index < -0.39 is 5.54 Å². The van der Waals surface area contributed by atoms with Gasteiger partial charge in [-0.2, -0.15) is 9.90 Å². The van der Waals surface area contributed by atoms with Crippen LogP contribution in [0.1, 0.15) is 37.2 Å². The second kappa shape index (κ2) is 8.03. The van der Waals surface area contributed by atoms with E-state index in [0.717, 1.165) is 12.8 Å². The van der Waals surface area contributed by atoms with Crippen LogP contribution in [0.25, 0.3) is 5.69 Å². The zero-order valence-corrected chi connectivity index (χ0v) is 13.9. The maximum absolute atomic E-state index is 12.9. The van der Waals surface area contributed by atoms with Crippen LogP contribution >= 0.6 is 12.4 Å². The number of benzene rings is 1. The zero-order valence-electron chi connectivity index (χ0n) is 13.1. The van der Waals surface area contributed by atoms with Gasteiger partial charge in [0.2, 0.25) is 0 Å². The van der Waals surface area contributed by atoms with E-state index in [1.165, 1.54) is 23.1 Å². The van der Waals surface area contributed by atoms with Crippen molar-refractivity contribution in [3.63, 3.8) is 0 Å². The SMILES string of the molecule is CCC(CC)(CN)NC(=O)c1cnn(-c2ccc(F)cc2)n1.Cl. The molecule has 1 heterocycles. The highest BCUT2D eigenvalue weighted by atomic mass is 35.5. The third-order valence-electron chi connectivity index (χ3n) is 3.91. The van der Waals surface area contributed by atoms with Crippen LogP contribution in [-0.4, -0.2) is 33.0 Å². The number of hydrogen-bond donors (Lipinski definition) is 2. The minimum Gasteiger partial charge on any atom is -0.344 e. The van der Waals surface area contributed by atoms with Gasteiger partial charge in [-0.15, -0.1) is 17.5 Å². The Morgan fingerprint density at radius 2 is 1.91 bits per heavy atom. The van der Waals surface area contributed by atoms with Gasteiger partial charge in [-0.1, -0.05) is 13.8 Å². The molecule has 0 atom stereocenters. The standard InChI is InChI=1S/C15H20FN5O.ClH/c1-3-15(4-2,10-17)19-14(22)13-9-18-21(20-13)12-7-5-11(16)6-8-12;/h5-9H,3-4,10,17H2,1-2H3,(H,19,22);1H. The molecule has 0 aliphatic heterocycles. The molecule has 0 aliphatic carbocycles. The van der Waals surface area contributed by atoms with Crippen LogP contribution in [0, 0.1) is 5.82 Å². The van der Waals surface area contributed by atoms with Crippen LogP contribution in [0.5, 0.6) is 0 Å². The first-order valence-electron chi connectivity index (χ1n) is 7.24. The number of nitrogens with one attached hydrogen (secondary N) is 1. The van der Waals surface area contributed by atoms with E-state index in [0.29, 0.717) is 12.2 Å². The molecule has 0 fully saturated rings. The Balaban J connectivity index is 0.00000264. The van der Waals surface area contributed by atoms with E-state index >= 15 is 0 Å². The Kier molecular flexibility index (Phi) is 6.65. The lowest BCUT2D eigenvalue weighted by Crippen LogP contribution is -2.53. The summed E-state index contributed by atoms with van der Waals surface area (Å²) in [5.74, 6) is -0.657. The van der Waals surface area contributed by atoms with Gasteiger partial charge in [0.1, 0.15) is 5.82 Å². The number of amides is 1. The third kappa shape index (κ3) is 4.27. The molecule has 1 aromatic carbocycles. The number of carbonyl (C=O) groups is 1. The summed E-state index contributed by atoms with van der Waals surface area (Å²) in [6, 6.07) is 5.71. The van der Waals surface area contributed by atoms with Crippen molar-refractivity contribution in [1.82, 2.24) is 20.3 Å². The fourth-order valence-electron chi connectivity index (χ4n) is 2.14. The minimum atomic E-state index is -0.434. The lowest BCUT2D eigenvalue weighted by molar-refractivity contribution is 0.0889. The molecule has 8 heteroatoms. The van der Waals surface area contributed by atoms with Gasteiger partial charge in [0.05, 0.1) is 17.4 Å². The highest BCUT2D eigenvalue weighted by molar-refractivity contribution is 5.92. The number of hydrogen-bond acceptors (Lipinski definition) is 4. The fraction of sp³-hybridized carbons (Fsp3) is 0.400. The van der Waals surface area contributed by atoms with Crippen LogP contribution in [-0.2, 0) is 0 Å². The molecule has 0 radical (unpaired) electrons. The van der Waals surface area contributed by atoms with E-state index in [9.17, 15) is 9.18 Å². The number of carbonyl (C=O) groups excluding carboxylic acids is 1. The average molecular weight is 342 g/mol. The van der Waals surface area contributed by atoms with E-state index in [-0.39, 0.29) is 29.8 Å².